The molecule has 0 bridgehead atoms. The smallest absolute Gasteiger partial charge is 0.254 e. The van der Waals surface area contributed by atoms with Crippen molar-refractivity contribution >= 4 is 22.7 Å². The molecule has 2 heterocycles. The second kappa shape index (κ2) is 7.46. The van der Waals surface area contributed by atoms with Crippen LogP contribution in [0.4, 0.5) is 0 Å². The van der Waals surface area contributed by atoms with Gasteiger partial charge in [-0.3, -0.25) is 9.69 Å². The van der Waals surface area contributed by atoms with Gasteiger partial charge in [0.1, 0.15) is 5.82 Å². The Morgan fingerprint density at radius 2 is 1.90 bits per heavy atom. The highest BCUT2D eigenvalue weighted by atomic mass is 35.5. The Balaban J connectivity index is 1.18. The van der Waals surface area contributed by atoms with Crippen molar-refractivity contribution in [3.8, 4) is 0 Å². The third-order valence-corrected chi connectivity index (χ3v) is 8.09. The van der Waals surface area contributed by atoms with E-state index < -0.39 is 0 Å². The summed E-state index contributed by atoms with van der Waals surface area (Å²) in [6.45, 7) is 2.02. The molecule has 0 amide bonds. The molecule has 1 fully saturated rings. The van der Waals surface area contributed by atoms with Gasteiger partial charge in [0.2, 0.25) is 0 Å². The number of fused-ring (bicyclic) bond motifs is 1. The minimum Gasteiger partial charge on any atom is -0.307 e. The van der Waals surface area contributed by atoms with Crippen LogP contribution in [0, 0.1) is 5.41 Å². The fourth-order valence-corrected chi connectivity index (χ4v) is 5.76. The molecule has 1 aromatic carbocycles. The molecular weight excluding hydrogens is 406 g/mol. The van der Waals surface area contributed by atoms with Crippen LogP contribution in [0.5, 0.6) is 0 Å². The third-order valence-electron chi connectivity index (χ3n) is 7.83. The molecular formula is C26H28ClN3O. The number of hydrogen-bond acceptors (Lipinski definition) is 3. The average Bonchev–Trinajstić information content (AvgIpc) is 3.35. The van der Waals surface area contributed by atoms with E-state index in [1.54, 1.807) is 0 Å². The monoisotopic (exact) mass is 433 g/mol. The molecule has 1 aromatic heterocycles. The van der Waals surface area contributed by atoms with Crippen LogP contribution in [0.3, 0.4) is 0 Å². The second-order valence-electron chi connectivity index (χ2n) is 9.80. The van der Waals surface area contributed by atoms with Crippen molar-refractivity contribution < 1.29 is 0 Å². The van der Waals surface area contributed by atoms with Gasteiger partial charge >= 0.3 is 0 Å². The third kappa shape index (κ3) is 3.70. The summed E-state index contributed by atoms with van der Waals surface area (Å²) in [5, 5.41) is 0.784. The molecule has 4 nitrogen and oxygen atoms in total. The van der Waals surface area contributed by atoms with E-state index in [9.17, 15) is 4.79 Å². The maximum absolute atomic E-state index is 12.8. The zero-order valence-electron chi connectivity index (χ0n) is 17.8. The Labute approximate surface area is 188 Å². The first kappa shape index (κ1) is 19.5. The van der Waals surface area contributed by atoms with E-state index in [-0.39, 0.29) is 5.56 Å². The Morgan fingerprint density at radius 3 is 2.65 bits per heavy atom. The van der Waals surface area contributed by atoms with E-state index in [0.717, 1.165) is 67.3 Å². The topological polar surface area (TPSA) is 49.0 Å². The van der Waals surface area contributed by atoms with Crippen molar-refractivity contribution in [2.24, 2.45) is 5.41 Å². The first-order valence-corrected chi connectivity index (χ1v) is 12.0. The lowest BCUT2D eigenvalue weighted by molar-refractivity contribution is 0.250. The molecule has 1 aliphatic heterocycles. The SMILES string of the molecule is O=c1[nH]c(C2=C[C@@H](N3CC=C(c4ccc(Cl)cc4)CC3)CC2)nc2c1CC1(CC2)CC1. The number of nitrogens with one attached hydrogen (secondary N) is 1. The Bertz CT molecular complexity index is 1140. The van der Waals surface area contributed by atoms with E-state index in [4.69, 9.17) is 16.6 Å². The number of aryl methyl sites for hydroxylation is 1. The molecule has 4 aliphatic rings. The summed E-state index contributed by atoms with van der Waals surface area (Å²) in [7, 11) is 0. The summed E-state index contributed by atoms with van der Waals surface area (Å²) >= 11 is 6.03. The number of benzene rings is 1. The van der Waals surface area contributed by atoms with Gasteiger partial charge in [0.15, 0.2) is 0 Å². The van der Waals surface area contributed by atoms with Crippen molar-refractivity contribution in [2.75, 3.05) is 13.1 Å². The lowest BCUT2D eigenvalue weighted by atomic mass is 9.84. The maximum atomic E-state index is 12.8. The molecule has 1 atom stereocenters. The molecule has 0 saturated heterocycles. The second-order valence-corrected chi connectivity index (χ2v) is 10.2. The summed E-state index contributed by atoms with van der Waals surface area (Å²) in [4.78, 5) is 23.4. The van der Waals surface area contributed by atoms with Crippen LogP contribution >= 0.6 is 11.6 Å². The van der Waals surface area contributed by atoms with E-state index in [2.05, 4.69) is 34.2 Å². The first-order valence-electron chi connectivity index (χ1n) is 11.6. The highest BCUT2D eigenvalue weighted by Crippen LogP contribution is 2.53. The quantitative estimate of drug-likeness (QED) is 0.738. The van der Waals surface area contributed by atoms with Gasteiger partial charge in [0.05, 0.1) is 5.69 Å². The number of halogens is 1. The van der Waals surface area contributed by atoms with Gasteiger partial charge in [0, 0.05) is 29.7 Å². The predicted molar refractivity (Wildman–Crippen MR) is 125 cm³/mol. The predicted octanol–water partition coefficient (Wildman–Crippen LogP) is 5.03. The zero-order chi connectivity index (χ0) is 21.0. The molecule has 5 heteroatoms. The minimum atomic E-state index is 0.101. The van der Waals surface area contributed by atoms with Crippen LogP contribution in [0.2, 0.25) is 5.02 Å². The zero-order valence-corrected chi connectivity index (χ0v) is 18.5. The summed E-state index contributed by atoms with van der Waals surface area (Å²) in [5.41, 5.74) is 6.44. The normalized spacial score (nSPS) is 24.6. The number of hydrogen-bond donors (Lipinski definition) is 1. The summed E-state index contributed by atoms with van der Waals surface area (Å²) in [6, 6.07) is 8.58. The van der Waals surface area contributed by atoms with E-state index >= 15 is 0 Å². The minimum absolute atomic E-state index is 0.101. The molecule has 0 radical (unpaired) electrons. The highest BCUT2D eigenvalue weighted by Gasteiger charge is 2.45. The number of nitrogens with zero attached hydrogens (tertiary/aromatic N) is 2. The van der Waals surface area contributed by atoms with Crippen LogP contribution in [-0.2, 0) is 12.8 Å². The number of aromatic nitrogens is 2. The van der Waals surface area contributed by atoms with Crippen molar-refractivity contribution in [1.82, 2.24) is 14.9 Å². The maximum Gasteiger partial charge on any atom is 0.254 e. The van der Waals surface area contributed by atoms with Crippen LogP contribution < -0.4 is 5.56 Å². The van der Waals surface area contributed by atoms with Crippen LogP contribution in [0.15, 0.2) is 41.2 Å². The van der Waals surface area contributed by atoms with Gasteiger partial charge in [-0.25, -0.2) is 4.98 Å². The van der Waals surface area contributed by atoms with Gasteiger partial charge in [0.25, 0.3) is 5.56 Å². The average molecular weight is 434 g/mol. The Morgan fingerprint density at radius 1 is 1.06 bits per heavy atom. The van der Waals surface area contributed by atoms with Crippen molar-refractivity contribution in [3.63, 3.8) is 0 Å². The van der Waals surface area contributed by atoms with Gasteiger partial charge in [-0.15, -0.1) is 0 Å². The van der Waals surface area contributed by atoms with Crippen molar-refractivity contribution in [1.29, 1.82) is 0 Å². The number of H-pyrrole nitrogens is 1. The van der Waals surface area contributed by atoms with Crippen LogP contribution in [-0.4, -0.2) is 34.0 Å². The Kier molecular flexibility index (Phi) is 4.69. The fraction of sp³-hybridized carbons (Fsp3) is 0.462. The van der Waals surface area contributed by atoms with Gasteiger partial charge in [-0.1, -0.05) is 35.9 Å². The van der Waals surface area contributed by atoms with Gasteiger partial charge < -0.3 is 4.98 Å². The van der Waals surface area contributed by atoms with Crippen molar-refractivity contribution in [3.05, 3.63) is 74.4 Å². The molecule has 1 N–H and O–H groups in total. The standard InChI is InChI=1S/C26H28ClN3O/c27-20-4-1-17(2-5-20)18-8-13-30(14-9-18)21-6-3-19(15-21)24-28-23-7-10-26(11-12-26)16-22(23)25(31)29-24/h1-2,4-5,8,15,21H,3,6-7,9-14,16H2,(H,28,29,31)/t21-/m0/s1. The van der Waals surface area contributed by atoms with Crippen LogP contribution in [0.1, 0.15) is 61.2 Å². The molecule has 0 unspecified atom stereocenters. The van der Waals surface area contributed by atoms with Crippen molar-refractivity contribution in [2.45, 2.75) is 57.4 Å². The largest absolute Gasteiger partial charge is 0.307 e. The van der Waals surface area contributed by atoms with E-state index in [1.165, 1.54) is 36.0 Å². The molecule has 3 aliphatic carbocycles. The fourth-order valence-electron chi connectivity index (χ4n) is 5.64. The molecule has 31 heavy (non-hydrogen) atoms. The van der Waals surface area contributed by atoms with Gasteiger partial charge in [-0.2, -0.15) is 0 Å². The van der Waals surface area contributed by atoms with Gasteiger partial charge in [-0.05, 0) is 85.6 Å². The molecule has 1 saturated carbocycles. The first-order chi connectivity index (χ1) is 15.1. The molecule has 6 rings (SSSR count). The summed E-state index contributed by atoms with van der Waals surface area (Å²) in [5.74, 6) is 0.812. The highest BCUT2D eigenvalue weighted by molar-refractivity contribution is 6.30. The summed E-state index contributed by atoms with van der Waals surface area (Å²) < 4.78 is 0. The van der Waals surface area contributed by atoms with Crippen LogP contribution in [0.25, 0.3) is 11.1 Å². The molecule has 2 aromatic rings. The molecule has 160 valence electrons. The lowest BCUT2D eigenvalue weighted by Crippen LogP contribution is -2.36. The van der Waals surface area contributed by atoms with E-state index in [0.29, 0.717) is 11.5 Å². The lowest BCUT2D eigenvalue weighted by Gasteiger charge is -2.30. The number of aromatic amines is 1. The van der Waals surface area contributed by atoms with E-state index in [1.807, 2.05) is 12.1 Å². The summed E-state index contributed by atoms with van der Waals surface area (Å²) in [6.07, 6.45) is 13.5. The number of allylic oxidation sites excluding steroid dienone is 1. The number of rotatable bonds is 3. The Hall–Kier alpha value is -2.17. The molecule has 1 spiro atoms.